The van der Waals surface area contributed by atoms with Crippen LogP contribution in [0.1, 0.15) is 23.7 Å². The van der Waals surface area contributed by atoms with Gasteiger partial charge in [0.25, 0.3) is 0 Å². The van der Waals surface area contributed by atoms with Gasteiger partial charge in [0.15, 0.2) is 10.8 Å². The van der Waals surface area contributed by atoms with E-state index in [9.17, 15) is 4.79 Å². The van der Waals surface area contributed by atoms with Crippen LogP contribution in [0.2, 0.25) is 0 Å². The van der Waals surface area contributed by atoms with Gasteiger partial charge in [-0.3, -0.25) is 4.79 Å². The fourth-order valence-electron chi connectivity index (χ4n) is 3.39. The first-order chi connectivity index (χ1) is 14.1. The second-order valence-corrected chi connectivity index (χ2v) is 8.00. The third kappa shape index (κ3) is 4.30. The van der Waals surface area contributed by atoms with Crippen LogP contribution >= 0.6 is 11.3 Å². The number of benzene rings is 2. The van der Waals surface area contributed by atoms with Crippen LogP contribution in [0.3, 0.4) is 0 Å². The van der Waals surface area contributed by atoms with Crippen LogP contribution in [-0.2, 0) is 16.6 Å². The maximum atomic E-state index is 12.6. The van der Waals surface area contributed by atoms with E-state index in [0.29, 0.717) is 6.54 Å². The lowest BCUT2D eigenvalue weighted by molar-refractivity contribution is -0.120. The standard InChI is InChI=1S/C24H22N2O2S/c1-24(18-9-4-2-5-10-18,19-11-6-3-7-12-19)17-25-22(27)15-20-16-29-23(26-20)21-13-8-14-28-21/h2-14,16H,15,17H2,1H3,(H,25,27). The Balaban J connectivity index is 1.47. The molecular formula is C24H22N2O2S. The molecule has 4 nitrogen and oxygen atoms in total. The average molecular weight is 403 g/mol. The molecule has 0 aliphatic heterocycles. The van der Waals surface area contributed by atoms with Crippen LogP contribution in [0.15, 0.2) is 88.9 Å². The summed E-state index contributed by atoms with van der Waals surface area (Å²) in [6, 6.07) is 24.3. The van der Waals surface area contributed by atoms with Gasteiger partial charge in [-0.1, -0.05) is 60.7 Å². The summed E-state index contributed by atoms with van der Waals surface area (Å²) in [7, 11) is 0. The highest BCUT2D eigenvalue weighted by Gasteiger charge is 2.29. The second kappa shape index (κ2) is 8.45. The summed E-state index contributed by atoms with van der Waals surface area (Å²) in [6.45, 7) is 2.67. The molecule has 0 radical (unpaired) electrons. The summed E-state index contributed by atoms with van der Waals surface area (Å²) in [5, 5.41) is 5.81. The number of amides is 1. The van der Waals surface area contributed by atoms with Gasteiger partial charge >= 0.3 is 0 Å². The molecule has 29 heavy (non-hydrogen) atoms. The molecule has 0 aliphatic carbocycles. The SMILES string of the molecule is CC(CNC(=O)Cc1csc(-c2ccco2)n1)(c1ccccc1)c1ccccc1. The van der Waals surface area contributed by atoms with Crippen LogP contribution < -0.4 is 5.32 Å². The van der Waals surface area contributed by atoms with E-state index < -0.39 is 0 Å². The molecule has 2 heterocycles. The Morgan fingerprint density at radius 3 is 2.24 bits per heavy atom. The number of carbonyl (C=O) groups excluding carboxylic acids is 1. The number of nitrogens with zero attached hydrogens (tertiary/aromatic N) is 1. The summed E-state index contributed by atoms with van der Waals surface area (Å²) < 4.78 is 5.38. The molecule has 1 amide bonds. The lowest BCUT2D eigenvalue weighted by Crippen LogP contribution is -2.40. The van der Waals surface area contributed by atoms with Crippen molar-refractivity contribution in [3.05, 3.63) is 101 Å². The summed E-state index contributed by atoms with van der Waals surface area (Å²) in [6.07, 6.45) is 1.87. The molecule has 0 spiro atoms. The van der Waals surface area contributed by atoms with Crippen molar-refractivity contribution in [2.75, 3.05) is 6.54 Å². The topological polar surface area (TPSA) is 55.1 Å². The van der Waals surface area contributed by atoms with E-state index in [2.05, 4.69) is 41.5 Å². The van der Waals surface area contributed by atoms with Crippen LogP contribution in [0.25, 0.3) is 10.8 Å². The molecule has 0 aliphatic rings. The highest BCUT2D eigenvalue weighted by atomic mass is 32.1. The molecule has 2 aromatic carbocycles. The van der Waals surface area contributed by atoms with E-state index in [1.54, 1.807) is 6.26 Å². The van der Waals surface area contributed by atoms with Crippen LogP contribution in [0, 0.1) is 0 Å². The Hall–Kier alpha value is -3.18. The van der Waals surface area contributed by atoms with Crippen molar-refractivity contribution in [2.24, 2.45) is 0 Å². The molecule has 0 fully saturated rings. The van der Waals surface area contributed by atoms with Crippen molar-refractivity contribution in [1.82, 2.24) is 10.3 Å². The predicted molar refractivity (Wildman–Crippen MR) is 116 cm³/mol. The molecule has 0 unspecified atom stereocenters. The molecule has 2 aromatic heterocycles. The summed E-state index contributed by atoms with van der Waals surface area (Å²) in [5.74, 6) is 0.682. The number of rotatable bonds is 7. The minimum atomic E-state index is -0.320. The van der Waals surface area contributed by atoms with Gasteiger partial charge in [-0.2, -0.15) is 0 Å². The maximum absolute atomic E-state index is 12.6. The van der Waals surface area contributed by atoms with Gasteiger partial charge in [0.05, 0.1) is 18.4 Å². The minimum absolute atomic E-state index is 0.0422. The van der Waals surface area contributed by atoms with Gasteiger partial charge in [0.2, 0.25) is 5.91 Å². The highest BCUT2D eigenvalue weighted by molar-refractivity contribution is 7.13. The second-order valence-electron chi connectivity index (χ2n) is 7.14. The zero-order chi connectivity index (χ0) is 20.1. The first kappa shape index (κ1) is 19.2. The fraction of sp³-hybridized carbons (Fsp3) is 0.167. The molecular weight excluding hydrogens is 380 g/mol. The van der Waals surface area contributed by atoms with Gasteiger partial charge in [-0.25, -0.2) is 4.98 Å². The van der Waals surface area contributed by atoms with E-state index in [4.69, 9.17) is 4.42 Å². The van der Waals surface area contributed by atoms with E-state index in [0.717, 1.165) is 16.5 Å². The van der Waals surface area contributed by atoms with E-state index in [-0.39, 0.29) is 17.7 Å². The van der Waals surface area contributed by atoms with E-state index >= 15 is 0 Å². The number of furan rings is 1. The first-order valence-electron chi connectivity index (χ1n) is 9.51. The Kier molecular flexibility index (Phi) is 5.58. The van der Waals surface area contributed by atoms with Crippen molar-refractivity contribution in [3.63, 3.8) is 0 Å². The predicted octanol–water partition coefficient (Wildman–Crippen LogP) is 5.07. The summed E-state index contributed by atoms with van der Waals surface area (Å²) in [5.41, 5.74) is 2.76. The molecule has 5 heteroatoms. The Labute approximate surface area is 174 Å². The van der Waals surface area contributed by atoms with Crippen molar-refractivity contribution < 1.29 is 9.21 Å². The van der Waals surface area contributed by atoms with Crippen molar-refractivity contribution in [2.45, 2.75) is 18.8 Å². The third-order valence-corrected chi connectivity index (χ3v) is 5.99. The Bertz CT molecular complexity index is 1020. The largest absolute Gasteiger partial charge is 0.462 e. The maximum Gasteiger partial charge on any atom is 0.226 e. The van der Waals surface area contributed by atoms with Gasteiger partial charge in [-0.05, 0) is 30.2 Å². The Morgan fingerprint density at radius 2 is 1.66 bits per heavy atom. The van der Waals surface area contributed by atoms with Gasteiger partial charge < -0.3 is 9.73 Å². The smallest absolute Gasteiger partial charge is 0.226 e. The quantitative estimate of drug-likeness (QED) is 0.470. The molecule has 0 saturated carbocycles. The number of hydrogen-bond donors (Lipinski definition) is 1. The average Bonchev–Trinajstić information content (AvgIpc) is 3.45. The molecule has 1 N–H and O–H groups in total. The lowest BCUT2D eigenvalue weighted by atomic mass is 9.76. The van der Waals surface area contributed by atoms with Gasteiger partial charge in [0.1, 0.15) is 0 Å². The molecule has 4 aromatic rings. The summed E-state index contributed by atoms with van der Waals surface area (Å²) in [4.78, 5) is 17.2. The van der Waals surface area contributed by atoms with Gasteiger partial charge in [-0.15, -0.1) is 11.3 Å². The molecule has 0 atom stereocenters. The molecule has 146 valence electrons. The monoisotopic (exact) mass is 402 g/mol. The molecule has 4 rings (SSSR count). The first-order valence-corrected chi connectivity index (χ1v) is 10.4. The summed E-state index contributed by atoms with van der Waals surface area (Å²) >= 11 is 1.48. The van der Waals surface area contributed by atoms with Crippen LogP contribution in [0.4, 0.5) is 0 Å². The minimum Gasteiger partial charge on any atom is -0.462 e. The molecule has 0 saturated heterocycles. The highest BCUT2D eigenvalue weighted by Crippen LogP contribution is 2.31. The zero-order valence-electron chi connectivity index (χ0n) is 16.2. The number of thiazole rings is 1. The normalized spacial score (nSPS) is 11.3. The van der Waals surface area contributed by atoms with Crippen LogP contribution in [0.5, 0.6) is 0 Å². The van der Waals surface area contributed by atoms with E-state index in [1.165, 1.54) is 22.5 Å². The van der Waals surface area contributed by atoms with Crippen molar-refractivity contribution >= 4 is 17.2 Å². The lowest BCUT2D eigenvalue weighted by Gasteiger charge is -2.31. The van der Waals surface area contributed by atoms with Gasteiger partial charge in [0, 0.05) is 17.3 Å². The Morgan fingerprint density at radius 1 is 1.00 bits per heavy atom. The number of carbonyl (C=O) groups is 1. The fourth-order valence-corrected chi connectivity index (χ4v) is 4.17. The zero-order valence-corrected chi connectivity index (χ0v) is 17.0. The van der Waals surface area contributed by atoms with E-state index in [1.807, 2.05) is 53.9 Å². The van der Waals surface area contributed by atoms with Crippen LogP contribution in [-0.4, -0.2) is 17.4 Å². The third-order valence-electron chi connectivity index (χ3n) is 5.09. The van der Waals surface area contributed by atoms with Crippen molar-refractivity contribution in [1.29, 1.82) is 0 Å². The van der Waals surface area contributed by atoms with Crippen molar-refractivity contribution in [3.8, 4) is 10.8 Å². The number of nitrogens with one attached hydrogen (secondary N) is 1. The number of aromatic nitrogens is 1. The molecule has 0 bridgehead atoms. The number of hydrogen-bond acceptors (Lipinski definition) is 4.